The number of hydrogen-bond donors (Lipinski definition) is 1. The van der Waals surface area contributed by atoms with Crippen LogP contribution in [-0.4, -0.2) is 21.7 Å². The molecule has 4 rings (SSSR count). The topological polar surface area (TPSA) is 55.6 Å². The van der Waals surface area contributed by atoms with E-state index in [0.717, 1.165) is 37.8 Å². The van der Waals surface area contributed by atoms with E-state index in [9.17, 15) is 22.4 Å². The molecule has 0 unspecified atom stereocenters. The van der Waals surface area contributed by atoms with Crippen LogP contribution in [0.4, 0.5) is 23.4 Å². The highest BCUT2D eigenvalue weighted by atomic mass is 19.4. The molecular weight excluding hydrogens is 390 g/mol. The van der Waals surface area contributed by atoms with Gasteiger partial charge in [0.15, 0.2) is 5.82 Å². The molecule has 9 heteroatoms. The van der Waals surface area contributed by atoms with Crippen molar-refractivity contribution >= 4 is 17.4 Å². The van der Waals surface area contributed by atoms with Crippen LogP contribution < -0.4 is 10.1 Å². The summed E-state index contributed by atoms with van der Waals surface area (Å²) in [4.78, 5) is 16.9. The van der Waals surface area contributed by atoms with Crippen molar-refractivity contribution in [2.45, 2.75) is 32.0 Å². The Hall–Kier alpha value is -3.10. The van der Waals surface area contributed by atoms with Gasteiger partial charge in [-0.05, 0) is 49.2 Å². The number of fused-ring (bicyclic) bond motifs is 1. The third kappa shape index (κ3) is 4.18. The van der Waals surface area contributed by atoms with Crippen LogP contribution in [0.25, 0.3) is 16.9 Å². The number of aromatic nitrogens is 2. The van der Waals surface area contributed by atoms with Crippen molar-refractivity contribution in [1.82, 2.24) is 9.38 Å². The van der Waals surface area contributed by atoms with Crippen LogP contribution in [0.5, 0.6) is 5.75 Å². The highest BCUT2D eigenvalue weighted by Crippen LogP contribution is 2.33. The first kappa shape index (κ1) is 19.2. The third-order valence-electron chi connectivity index (χ3n) is 4.91. The zero-order valence-corrected chi connectivity index (χ0v) is 15.2. The zero-order chi connectivity index (χ0) is 20.6. The van der Waals surface area contributed by atoms with Crippen molar-refractivity contribution in [2.75, 3.05) is 5.32 Å². The number of nitrogens with zero attached hydrogens (tertiary/aromatic N) is 2. The quantitative estimate of drug-likeness (QED) is 0.608. The molecule has 2 aromatic heterocycles. The van der Waals surface area contributed by atoms with Crippen molar-refractivity contribution in [1.29, 1.82) is 0 Å². The summed E-state index contributed by atoms with van der Waals surface area (Å²) in [5, 5.41) is 2.81. The van der Waals surface area contributed by atoms with E-state index in [2.05, 4.69) is 15.0 Å². The number of carbonyl (C=O) groups excluding carboxylic acids is 1. The first-order valence-corrected chi connectivity index (χ1v) is 9.15. The minimum atomic E-state index is -4.80. The van der Waals surface area contributed by atoms with E-state index < -0.39 is 12.2 Å². The van der Waals surface area contributed by atoms with Crippen LogP contribution >= 0.6 is 0 Å². The predicted octanol–water partition coefficient (Wildman–Crippen LogP) is 5.17. The van der Waals surface area contributed by atoms with Gasteiger partial charge in [0, 0.05) is 17.7 Å². The number of pyridine rings is 1. The Balaban J connectivity index is 1.73. The van der Waals surface area contributed by atoms with Crippen LogP contribution in [0.3, 0.4) is 0 Å². The first-order chi connectivity index (χ1) is 13.8. The molecule has 1 aromatic carbocycles. The first-order valence-electron chi connectivity index (χ1n) is 9.15. The van der Waals surface area contributed by atoms with E-state index in [1.54, 1.807) is 0 Å². The lowest BCUT2D eigenvalue weighted by Crippen LogP contribution is -2.20. The number of alkyl halides is 3. The van der Waals surface area contributed by atoms with Crippen LogP contribution in [0.15, 0.2) is 42.6 Å². The molecule has 1 amide bonds. The number of halogens is 4. The number of carbonyl (C=O) groups is 1. The number of anilines is 1. The van der Waals surface area contributed by atoms with Crippen LogP contribution in [0.1, 0.15) is 25.7 Å². The molecule has 3 aromatic rings. The Morgan fingerprint density at radius 2 is 1.79 bits per heavy atom. The maximum absolute atomic E-state index is 13.8. The molecule has 0 aliphatic heterocycles. The number of nitrogens with one attached hydrogen (secondary N) is 1. The summed E-state index contributed by atoms with van der Waals surface area (Å²) in [7, 11) is 0. The van der Waals surface area contributed by atoms with E-state index in [1.165, 1.54) is 34.9 Å². The SMILES string of the molecule is O=C(Nc1nc2ccc(F)cn2c1-c1ccc(OC(F)(F)F)cc1)C1CCCC1. The molecule has 29 heavy (non-hydrogen) atoms. The molecule has 5 nitrogen and oxygen atoms in total. The summed E-state index contributed by atoms with van der Waals surface area (Å²) in [5.74, 6) is -0.923. The average Bonchev–Trinajstić information content (AvgIpc) is 3.29. The number of hydrogen-bond acceptors (Lipinski definition) is 3. The Bertz CT molecular complexity index is 1040. The zero-order valence-electron chi connectivity index (χ0n) is 15.2. The smallest absolute Gasteiger partial charge is 0.406 e. The highest BCUT2D eigenvalue weighted by molar-refractivity contribution is 5.96. The number of benzene rings is 1. The second kappa shape index (κ2) is 7.38. The van der Waals surface area contributed by atoms with Gasteiger partial charge in [-0.1, -0.05) is 12.8 Å². The van der Waals surface area contributed by atoms with E-state index in [1.807, 2.05) is 0 Å². The lowest BCUT2D eigenvalue weighted by atomic mass is 10.1. The van der Waals surface area contributed by atoms with Gasteiger partial charge in [0.25, 0.3) is 0 Å². The summed E-state index contributed by atoms with van der Waals surface area (Å²) in [5.41, 5.74) is 1.24. The average molecular weight is 407 g/mol. The second-order valence-corrected chi connectivity index (χ2v) is 6.93. The van der Waals surface area contributed by atoms with Crippen molar-refractivity contribution in [2.24, 2.45) is 5.92 Å². The Labute approximate surface area is 163 Å². The summed E-state index contributed by atoms with van der Waals surface area (Å²) < 4.78 is 56.4. The fourth-order valence-electron chi connectivity index (χ4n) is 3.60. The van der Waals surface area contributed by atoms with E-state index >= 15 is 0 Å². The van der Waals surface area contributed by atoms with Gasteiger partial charge in [0.05, 0.1) is 5.69 Å². The summed E-state index contributed by atoms with van der Waals surface area (Å²) in [6.07, 6.45) is -0.0132. The number of rotatable bonds is 4. The van der Waals surface area contributed by atoms with E-state index in [4.69, 9.17) is 0 Å². The maximum atomic E-state index is 13.8. The largest absolute Gasteiger partial charge is 0.573 e. The Morgan fingerprint density at radius 3 is 2.45 bits per heavy atom. The maximum Gasteiger partial charge on any atom is 0.573 e. The number of imidazole rings is 1. The molecule has 0 atom stereocenters. The van der Waals surface area contributed by atoms with Gasteiger partial charge in [-0.2, -0.15) is 0 Å². The molecule has 2 heterocycles. The van der Waals surface area contributed by atoms with Gasteiger partial charge in [-0.15, -0.1) is 13.2 Å². The molecule has 1 N–H and O–H groups in total. The molecular formula is C20H17F4N3O2. The predicted molar refractivity (Wildman–Crippen MR) is 97.9 cm³/mol. The molecule has 0 radical (unpaired) electrons. The van der Waals surface area contributed by atoms with Gasteiger partial charge in [0.2, 0.25) is 5.91 Å². The van der Waals surface area contributed by atoms with Gasteiger partial charge < -0.3 is 10.1 Å². The number of ether oxygens (including phenoxy) is 1. The Kier molecular flexibility index (Phi) is 4.89. The summed E-state index contributed by atoms with van der Waals surface area (Å²) in [6.45, 7) is 0. The molecule has 1 aliphatic rings. The Morgan fingerprint density at radius 1 is 1.10 bits per heavy atom. The van der Waals surface area contributed by atoms with Crippen LogP contribution in [-0.2, 0) is 4.79 Å². The molecule has 1 fully saturated rings. The van der Waals surface area contributed by atoms with Gasteiger partial charge in [0.1, 0.15) is 17.2 Å². The van der Waals surface area contributed by atoms with Crippen LogP contribution in [0, 0.1) is 11.7 Å². The normalized spacial score (nSPS) is 15.0. The van der Waals surface area contributed by atoms with Gasteiger partial charge in [-0.25, -0.2) is 9.37 Å². The second-order valence-electron chi connectivity index (χ2n) is 6.93. The molecule has 1 saturated carbocycles. The minimum Gasteiger partial charge on any atom is -0.406 e. The molecule has 1 aliphatic carbocycles. The standard InChI is InChI=1S/C20H17F4N3O2/c21-14-7-10-16-25-18(26-19(28)13-3-1-2-4-13)17(27(16)11-14)12-5-8-15(9-6-12)29-20(22,23)24/h5-11,13H,1-4H2,(H,26,28). The fraction of sp³-hybridized carbons (Fsp3) is 0.300. The molecule has 0 spiro atoms. The van der Waals surface area contributed by atoms with E-state index in [-0.39, 0.29) is 23.4 Å². The molecule has 0 saturated heterocycles. The van der Waals surface area contributed by atoms with Gasteiger partial charge >= 0.3 is 6.36 Å². The lowest BCUT2D eigenvalue weighted by Gasteiger charge is -2.12. The van der Waals surface area contributed by atoms with Crippen molar-refractivity contribution < 1.29 is 27.1 Å². The number of amides is 1. The van der Waals surface area contributed by atoms with Crippen molar-refractivity contribution in [3.63, 3.8) is 0 Å². The van der Waals surface area contributed by atoms with E-state index in [0.29, 0.717) is 16.9 Å². The van der Waals surface area contributed by atoms with Gasteiger partial charge in [-0.3, -0.25) is 9.20 Å². The fourth-order valence-corrected chi connectivity index (χ4v) is 3.60. The summed E-state index contributed by atoms with van der Waals surface area (Å²) in [6, 6.07) is 7.83. The van der Waals surface area contributed by atoms with Crippen molar-refractivity contribution in [3.8, 4) is 17.0 Å². The minimum absolute atomic E-state index is 0.105. The highest BCUT2D eigenvalue weighted by Gasteiger charge is 2.31. The third-order valence-corrected chi connectivity index (χ3v) is 4.91. The monoisotopic (exact) mass is 407 g/mol. The molecule has 0 bridgehead atoms. The lowest BCUT2D eigenvalue weighted by molar-refractivity contribution is -0.274. The van der Waals surface area contributed by atoms with Crippen LogP contribution in [0.2, 0.25) is 0 Å². The molecule has 152 valence electrons. The van der Waals surface area contributed by atoms with Crippen molar-refractivity contribution in [3.05, 3.63) is 48.4 Å². The summed E-state index contributed by atoms with van der Waals surface area (Å²) >= 11 is 0.